The van der Waals surface area contributed by atoms with Gasteiger partial charge in [-0.25, -0.2) is 0 Å². The number of aliphatic carboxylic acids is 1. The zero-order valence-corrected chi connectivity index (χ0v) is 19.5. The number of esters is 1. The molecule has 1 atom stereocenters. The van der Waals surface area contributed by atoms with E-state index in [1.165, 1.54) is 89.7 Å². The van der Waals surface area contributed by atoms with E-state index in [9.17, 15) is 14.7 Å². The van der Waals surface area contributed by atoms with Gasteiger partial charge in [-0.1, -0.05) is 109 Å². The Morgan fingerprint density at radius 3 is 1.73 bits per heavy atom. The van der Waals surface area contributed by atoms with Crippen LogP contribution in [0.15, 0.2) is 24.5 Å². The van der Waals surface area contributed by atoms with E-state index in [1.54, 1.807) is 12.2 Å². The number of rotatable bonds is 21. The first-order valence-electron chi connectivity index (χ1n) is 12.3. The third kappa shape index (κ3) is 19.7. The van der Waals surface area contributed by atoms with Gasteiger partial charge in [0.15, 0.2) is 0 Å². The molecule has 0 saturated carbocycles. The number of hydrogen-bond acceptors (Lipinski definition) is 4. The second-order valence-corrected chi connectivity index (χ2v) is 8.21. The molecule has 0 fully saturated rings. The van der Waals surface area contributed by atoms with E-state index in [-0.39, 0.29) is 6.42 Å². The van der Waals surface area contributed by atoms with Crippen LogP contribution in [0.25, 0.3) is 0 Å². The number of unbranched alkanes of at least 4 members (excludes halogenated alkanes) is 14. The van der Waals surface area contributed by atoms with Crippen molar-refractivity contribution in [1.82, 2.24) is 0 Å². The smallest absolute Gasteiger partial charge is 0.317 e. The molecule has 0 bridgehead atoms. The van der Waals surface area contributed by atoms with Crippen LogP contribution >= 0.6 is 0 Å². The van der Waals surface area contributed by atoms with Crippen LogP contribution in [-0.2, 0) is 14.3 Å². The van der Waals surface area contributed by atoms with Gasteiger partial charge in [-0.15, -0.1) is 0 Å². The summed E-state index contributed by atoms with van der Waals surface area (Å²) in [6.45, 7) is 4.19. The molecule has 0 saturated heterocycles. The van der Waals surface area contributed by atoms with Crippen LogP contribution in [0.2, 0.25) is 0 Å². The van der Waals surface area contributed by atoms with Crippen molar-refractivity contribution in [2.45, 2.75) is 123 Å². The fraction of sp³-hybridized carbons (Fsp3) is 0.769. The molecule has 0 N–H and O–H groups in total. The van der Waals surface area contributed by atoms with Crippen molar-refractivity contribution in [2.24, 2.45) is 5.92 Å². The summed E-state index contributed by atoms with van der Waals surface area (Å²) in [5.41, 5.74) is 0. The fourth-order valence-corrected chi connectivity index (χ4v) is 3.43. The largest absolute Gasteiger partial charge is 0.550 e. The zero-order valence-electron chi connectivity index (χ0n) is 19.5. The lowest BCUT2D eigenvalue weighted by molar-refractivity contribution is -0.306. The van der Waals surface area contributed by atoms with Gasteiger partial charge in [0.05, 0.1) is 12.2 Å². The van der Waals surface area contributed by atoms with E-state index in [4.69, 9.17) is 4.74 Å². The molecule has 1 unspecified atom stereocenters. The Morgan fingerprint density at radius 1 is 0.767 bits per heavy atom. The predicted molar refractivity (Wildman–Crippen MR) is 123 cm³/mol. The van der Waals surface area contributed by atoms with Gasteiger partial charge in [0.2, 0.25) is 0 Å². The van der Waals surface area contributed by atoms with Gasteiger partial charge >= 0.3 is 5.97 Å². The molecule has 174 valence electrons. The number of carboxylic acids is 1. The van der Waals surface area contributed by atoms with Crippen LogP contribution in [0.3, 0.4) is 0 Å². The summed E-state index contributed by atoms with van der Waals surface area (Å²) in [6, 6.07) is 0. The number of hydrogen-bond donors (Lipinski definition) is 0. The highest BCUT2D eigenvalue weighted by molar-refractivity contribution is 5.80. The van der Waals surface area contributed by atoms with E-state index in [1.807, 2.05) is 13.0 Å². The van der Waals surface area contributed by atoms with Gasteiger partial charge in [0, 0.05) is 12.4 Å². The maximum atomic E-state index is 11.9. The molecule has 0 aromatic heterocycles. The lowest BCUT2D eigenvalue weighted by atomic mass is 10.0. The molecule has 0 heterocycles. The molecule has 0 aliphatic carbocycles. The Balaban J connectivity index is 3.67. The second kappa shape index (κ2) is 22.1. The Bertz CT molecular complexity index is 468. The summed E-state index contributed by atoms with van der Waals surface area (Å²) in [5.74, 6) is -2.55. The molecule has 30 heavy (non-hydrogen) atoms. The Kier molecular flexibility index (Phi) is 20.9. The average Bonchev–Trinajstić information content (AvgIpc) is 2.72. The number of allylic oxidation sites excluding steroid dienone is 2. The maximum absolute atomic E-state index is 11.9. The van der Waals surface area contributed by atoms with E-state index in [0.29, 0.717) is 0 Å². The molecule has 0 aliphatic heterocycles. The molecule has 0 aromatic rings. The van der Waals surface area contributed by atoms with Crippen LogP contribution < -0.4 is 5.11 Å². The minimum absolute atomic E-state index is 0.339. The lowest BCUT2D eigenvalue weighted by Gasteiger charge is -2.11. The van der Waals surface area contributed by atoms with Crippen molar-refractivity contribution in [3.8, 4) is 0 Å². The predicted octanol–water partition coefficient (Wildman–Crippen LogP) is 6.64. The van der Waals surface area contributed by atoms with Gasteiger partial charge < -0.3 is 14.6 Å². The van der Waals surface area contributed by atoms with E-state index >= 15 is 0 Å². The van der Waals surface area contributed by atoms with Crippen molar-refractivity contribution in [2.75, 3.05) is 0 Å². The number of carbonyl (C=O) groups excluding carboxylic acids is 2. The molecule has 0 radical (unpaired) electrons. The molecule has 0 spiro atoms. The Labute approximate surface area is 185 Å². The van der Waals surface area contributed by atoms with Gasteiger partial charge in [0.25, 0.3) is 0 Å². The maximum Gasteiger partial charge on any atom is 0.317 e. The molecule has 0 aromatic carbocycles. The lowest BCUT2D eigenvalue weighted by Crippen LogP contribution is -2.28. The SMILES string of the molecule is CCC=COC(=O)C(C=CCCCCCCCCCCCCCCCC)CC(=O)[O-]. The summed E-state index contributed by atoms with van der Waals surface area (Å²) < 4.78 is 4.96. The second-order valence-electron chi connectivity index (χ2n) is 8.21. The van der Waals surface area contributed by atoms with E-state index < -0.39 is 17.9 Å². The fourth-order valence-electron chi connectivity index (χ4n) is 3.43. The highest BCUT2D eigenvalue weighted by atomic mass is 16.5. The summed E-state index contributed by atoms with van der Waals surface area (Å²) in [5, 5.41) is 10.8. The normalized spacial score (nSPS) is 12.6. The van der Waals surface area contributed by atoms with E-state index in [0.717, 1.165) is 19.3 Å². The van der Waals surface area contributed by atoms with Gasteiger partial charge in [-0.05, 0) is 25.3 Å². The van der Waals surface area contributed by atoms with E-state index in [2.05, 4.69) is 6.92 Å². The monoisotopic (exact) mass is 421 g/mol. The van der Waals surface area contributed by atoms with Crippen LogP contribution in [0.4, 0.5) is 0 Å². The number of carbonyl (C=O) groups is 2. The molecular weight excluding hydrogens is 376 g/mol. The number of ether oxygens (including phenoxy) is 1. The highest BCUT2D eigenvalue weighted by Gasteiger charge is 2.16. The van der Waals surface area contributed by atoms with Crippen LogP contribution in [0, 0.1) is 5.92 Å². The van der Waals surface area contributed by atoms with Gasteiger partial charge in [-0.3, -0.25) is 4.79 Å². The summed E-state index contributed by atoms with van der Waals surface area (Å²) in [4.78, 5) is 22.8. The van der Waals surface area contributed by atoms with Crippen LogP contribution in [0.1, 0.15) is 123 Å². The molecule has 4 heteroatoms. The number of carboxylic acid groups (broad SMARTS) is 1. The van der Waals surface area contributed by atoms with Gasteiger partial charge in [-0.2, -0.15) is 0 Å². The topological polar surface area (TPSA) is 66.4 Å². The average molecular weight is 422 g/mol. The van der Waals surface area contributed by atoms with Crippen molar-refractivity contribution < 1.29 is 19.4 Å². The Morgan fingerprint density at radius 2 is 1.27 bits per heavy atom. The first-order valence-corrected chi connectivity index (χ1v) is 12.3. The third-order valence-corrected chi connectivity index (χ3v) is 5.30. The minimum atomic E-state index is -1.24. The van der Waals surface area contributed by atoms with Crippen LogP contribution in [0.5, 0.6) is 0 Å². The highest BCUT2D eigenvalue weighted by Crippen LogP contribution is 2.14. The summed E-state index contributed by atoms with van der Waals surface area (Å²) >= 11 is 0. The zero-order chi connectivity index (χ0) is 22.3. The molecule has 0 aliphatic rings. The third-order valence-electron chi connectivity index (χ3n) is 5.30. The first kappa shape index (κ1) is 28.4. The van der Waals surface area contributed by atoms with Crippen molar-refractivity contribution in [3.63, 3.8) is 0 Å². The molecule has 0 rings (SSSR count). The first-order chi connectivity index (χ1) is 14.6. The van der Waals surface area contributed by atoms with Crippen molar-refractivity contribution in [3.05, 3.63) is 24.5 Å². The molecule has 4 nitrogen and oxygen atoms in total. The van der Waals surface area contributed by atoms with Crippen molar-refractivity contribution >= 4 is 11.9 Å². The minimum Gasteiger partial charge on any atom is -0.550 e. The van der Waals surface area contributed by atoms with Crippen molar-refractivity contribution in [1.29, 1.82) is 0 Å². The van der Waals surface area contributed by atoms with Crippen LogP contribution in [-0.4, -0.2) is 11.9 Å². The summed E-state index contributed by atoms with van der Waals surface area (Å²) in [6.07, 6.45) is 26.4. The Hall–Kier alpha value is -1.58. The molecule has 0 amide bonds. The molecular formula is C26H45O4-. The quantitative estimate of drug-likeness (QED) is 0.0902. The standard InChI is InChI=1S/C26H46O4/c1-3-5-7-8-9-10-11-12-13-14-15-16-17-18-19-20-21-24(23-25(27)28)26(29)30-22-6-4-2/h6,20-22,24H,3-5,7-19,23H2,1-2H3,(H,27,28)/p-1. The summed E-state index contributed by atoms with van der Waals surface area (Å²) in [7, 11) is 0. The van der Waals surface area contributed by atoms with Gasteiger partial charge in [0.1, 0.15) is 0 Å².